The predicted molar refractivity (Wildman–Crippen MR) is 92.3 cm³/mol. The summed E-state index contributed by atoms with van der Waals surface area (Å²) >= 11 is 1.75. The number of hydrogen-bond donors (Lipinski definition) is 2. The van der Waals surface area contributed by atoms with Crippen molar-refractivity contribution in [2.24, 2.45) is 10.4 Å². The summed E-state index contributed by atoms with van der Waals surface area (Å²) in [6, 6.07) is 0. The largest absolute Gasteiger partial charge is 0.356 e. The van der Waals surface area contributed by atoms with Gasteiger partial charge in [0, 0.05) is 44.2 Å². The van der Waals surface area contributed by atoms with Crippen molar-refractivity contribution in [2.45, 2.75) is 27.2 Å². The first kappa shape index (κ1) is 17.9. The van der Waals surface area contributed by atoms with Crippen molar-refractivity contribution in [1.82, 2.24) is 20.5 Å². The van der Waals surface area contributed by atoms with E-state index in [1.807, 2.05) is 13.2 Å². The van der Waals surface area contributed by atoms with Crippen LogP contribution in [0.3, 0.4) is 0 Å². The van der Waals surface area contributed by atoms with E-state index in [1.165, 1.54) is 9.88 Å². The van der Waals surface area contributed by atoms with Gasteiger partial charge >= 0.3 is 0 Å². The SMILES string of the molecule is CN=C(NCCc1ncc(C)s1)NCC(C)(C)CN(C)C. The quantitative estimate of drug-likeness (QED) is 0.595. The maximum atomic E-state index is 4.37. The number of thiazole rings is 1. The molecule has 6 heteroatoms. The fourth-order valence-electron chi connectivity index (χ4n) is 2.26. The van der Waals surface area contributed by atoms with Crippen molar-refractivity contribution >= 4 is 17.3 Å². The minimum atomic E-state index is 0.202. The van der Waals surface area contributed by atoms with Crippen LogP contribution in [0.15, 0.2) is 11.2 Å². The van der Waals surface area contributed by atoms with Crippen molar-refractivity contribution in [2.75, 3.05) is 40.8 Å². The highest BCUT2D eigenvalue weighted by Gasteiger charge is 2.19. The first-order valence-corrected chi connectivity index (χ1v) is 8.14. The third-order valence-electron chi connectivity index (χ3n) is 3.00. The van der Waals surface area contributed by atoms with Crippen LogP contribution < -0.4 is 10.6 Å². The predicted octanol–water partition coefficient (Wildman–Crippen LogP) is 1.75. The monoisotopic (exact) mass is 311 g/mol. The highest BCUT2D eigenvalue weighted by atomic mass is 32.1. The molecule has 0 aliphatic carbocycles. The van der Waals surface area contributed by atoms with Crippen LogP contribution in [0.5, 0.6) is 0 Å². The summed E-state index contributed by atoms with van der Waals surface area (Å²) in [5.74, 6) is 0.857. The van der Waals surface area contributed by atoms with Crippen LogP contribution in [0.4, 0.5) is 0 Å². The van der Waals surface area contributed by atoms with E-state index in [-0.39, 0.29) is 5.41 Å². The van der Waals surface area contributed by atoms with E-state index in [0.29, 0.717) is 0 Å². The number of aliphatic imine (C=N–C) groups is 1. The van der Waals surface area contributed by atoms with Gasteiger partial charge in [-0.05, 0) is 26.4 Å². The molecule has 21 heavy (non-hydrogen) atoms. The second-order valence-electron chi connectivity index (χ2n) is 6.37. The summed E-state index contributed by atoms with van der Waals surface area (Å²) in [4.78, 5) is 12.1. The minimum absolute atomic E-state index is 0.202. The molecule has 0 spiro atoms. The van der Waals surface area contributed by atoms with Gasteiger partial charge in [0.1, 0.15) is 0 Å². The molecule has 0 aliphatic heterocycles. The van der Waals surface area contributed by atoms with E-state index in [9.17, 15) is 0 Å². The summed E-state index contributed by atoms with van der Waals surface area (Å²) < 4.78 is 0. The number of guanidine groups is 1. The molecular formula is C15H29N5S. The Labute approximate surface area is 132 Å². The van der Waals surface area contributed by atoms with Gasteiger partial charge in [-0.15, -0.1) is 11.3 Å². The lowest BCUT2D eigenvalue weighted by Gasteiger charge is -2.29. The van der Waals surface area contributed by atoms with Crippen LogP contribution in [0.1, 0.15) is 23.7 Å². The molecule has 1 heterocycles. The number of nitrogens with one attached hydrogen (secondary N) is 2. The van der Waals surface area contributed by atoms with E-state index in [0.717, 1.165) is 32.0 Å². The molecule has 1 rings (SSSR count). The average molecular weight is 311 g/mol. The van der Waals surface area contributed by atoms with Gasteiger partial charge in [0.15, 0.2) is 5.96 Å². The first-order chi connectivity index (χ1) is 9.82. The van der Waals surface area contributed by atoms with Gasteiger partial charge in [-0.2, -0.15) is 0 Å². The smallest absolute Gasteiger partial charge is 0.191 e. The molecule has 0 saturated heterocycles. The molecule has 5 nitrogen and oxygen atoms in total. The molecular weight excluding hydrogens is 282 g/mol. The van der Waals surface area contributed by atoms with E-state index in [2.05, 4.69) is 60.4 Å². The summed E-state index contributed by atoms with van der Waals surface area (Å²) in [6.45, 7) is 9.37. The van der Waals surface area contributed by atoms with Gasteiger partial charge in [0.05, 0.1) is 5.01 Å². The Morgan fingerprint density at radius 2 is 2.10 bits per heavy atom. The fraction of sp³-hybridized carbons (Fsp3) is 0.733. The summed E-state index contributed by atoms with van der Waals surface area (Å²) in [5, 5.41) is 7.92. The van der Waals surface area contributed by atoms with Crippen molar-refractivity contribution < 1.29 is 0 Å². The van der Waals surface area contributed by atoms with Crippen LogP contribution in [-0.4, -0.2) is 56.6 Å². The molecule has 0 bridgehead atoms. The number of aryl methyl sites for hydroxylation is 1. The van der Waals surface area contributed by atoms with Crippen LogP contribution in [0.25, 0.3) is 0 Å². The lowest BCUT2D eigenvalue weighted by Crippen LogP contribution is -2.45. The van der Waals surface area contributed by atoms with Gasteiger partial charge in [-0.1, -0.05) is 13.8 Å². The highest BCUT2D eigenvalue weighted by molar-refractivity contribution is 7.11. The second-order valence-corrected chi connectivity index (χ2v) is 7.69. The maximum absolute atomic E-state index is 4.37. The molecule has 0 radical (unpaired) electrons. The number of rotatable bonds is 7. The van der Waals surface area contributed by atoms with Crippen LogP contribution in [0.2, 0.25) is 0 Å². The summed E-state index contributed by atoms with van der Waals surface area (Å²) in [5.41, 5.74) is 0.202. The second kappa shape index (κ2) is 8.34. The molecule has 0 aromatic carbocycles. The molecule has 120 valence electrons. The van der Waals surface area contributed by atoms with E-state index < -0.39 is 0 Å². The average Bonchev–Trinajstić information content (AvgIpc) is 2.77. The summed E-state index contributed by atoms with van der Waals surface area (Å²) in [6.07, 6.45) is 2.86. The van der Waals surface area contributed by atoms with Gasteiger partial charge in [0.25, 0.3) is 0 Å². The highest BCUT2D eigenvalue weighted by Crippen LogP contribution is 2.14. The van der Waals surface area contributed by atoms with Gasteiger partial charge < -0.3 is 15.5 Å². The van der Waals surface area contributed by atoms with E-state index in [1.54, 1.807) is 11.3 Å². The van der Waals surface area contributed by atoms with Crippen molar-refractivity contribution in [3.05, 3.63) is 16.1 Å². The van der Waals surface area contributed by atoms with Crippen molar-refractivity contribution in [3.63, 3.8) is 0 Å². The normalized spacial score (nSPS) is 12.8. The Kier molecular flexibility index (Phi) is 7.11. The third kappa shape index (κ3) is 7.43. The Morgan fingerprint density at radius 1 is 1.38 bits per heavy atom. The zero-order valence-corrected chi connectivity index (χ0v) is 15.0. The third-order valence-corrected chi connectivity index (χ3v) is 3.98. The zero-order chi connectivity index (χ0) is 15.9. The van der Waals surface area contributed by atoms with Crippen molar-refractivity contribution in [3.8, 4) is 0 Å². The minimum Gasteiger partial charge on any atom is -0.356 e. The molecule has 0 atom stereocenters. The Morgan fingerprint density at radius 3 is 2.62 bits per heavy atom. The Hall–Kier alpha value is -1.14. The molecule has 1 aromatic rings. The van der Waals surface area contributed by atoms with Crippen LogP contribution in [-0.2, 0) is 6.42 Å². The lowest BCUT2D eigenvalue weighted by atomic mass is 9.93. The number of nitrogens with zero attached hydrogens (tertiary/aromatic N) is 3. The van der Waals surface area contributed by atoms with E-state index in [4.69, 9.17) is 0 Å². The molecule has 0 aliphatic rings. The molecule has 0 fully saturated rings. The molecule has 0 amide bonds. The molecule has 1 aromatic heterocycles. The standard InChI is InChI=1S/C15H29N5S/c1-12-9-18-13(21-12)7-8-17-14(16-4)19-10-15(2,3)11-20(5)6/h9H,7-8,10-11H2,1-6H3,(H2,16,17,19). The Balaban J connectivity index is 2.32. The molecule has 2 N–H and O–H groups in total. The molecule has 0 unspecified atom stereocenters. The van der Waals surface area contributed by atoms with Gasteiger partial charge in [-0.3, -0.25) is 4.99 Å². The van der Waals surface area contributed by atoms with Gasteiger partial charge in [-0.25, -0.2) is 4.98 Å². The van der Waals surface area contributed by atoms with Crippen LogP contribution in [0, 0.1) is 12.3 Å². The van der Waals surface area contributed by atoms with Gasteiger partial charge in [0.2, 0.25) is 0 Å². The summed E-state index contributed by atoms with van der Waals surface area (Å²) in [7, 11) is 6.01. The number of aromatic nitrogens is 1. The maximum Gasteiger partial charge on any atom is 0.191 e. The zero-order valence-electron chi connectivity index (χ0n) is 14.2. The fourth-order valence-corrected chi connectivity index (χ4v) is 3.05. The topological polar surface area (TPSA) is 52.6 Å². The van der Waals surface area contributed by atoms with Crippen molar-refractivity contribution in [1.29, 1.82) is 0 Å². The molecule has 0 saturated carbocycles. The lowest BCUT2D eigenvalue weighted by molar-refractivity contribution is 0.241. The first-order valence-electron chi connectivity index (χ1n) is 7.33. The Bertz CT molecular complexity index is 451. The van der Waals surface area contributed by atoms with E-state index >= 15 is 0 Å². The van der Waals surface area contributed by atoms with Crippen LogP contribution >= 0.6 is 11.3 Å². The number of hydrogen-bond acceptors (Lipinski definition) is 4.